The summed E-state index contributed by atoms with van der Waals surface area (Å²) in [5.41, 5.74) is 0.810. The van der Waals surface area contributed by atoms with Gasteiger partial charge in [0.05, 0.1) is 12.0 Å². The Labute approximate surface area is 135 Å². The van der Waals surface area contributed by atoms with E-state index in [1.165, 1.54) is 0 Å². The van der Waals surface area contributed by atoms with Crippen LogP contribution < -0.4 is 10.2 Å². The van der Waals surface area contributed by atoms with Gasteiger partial charge in [-0.1, -0.05) is 18.2 Å². The van der Waals surface area contributed by atoms with Crippen LogP contribution in [-0.2, 0) is 9.59 Å². The Morgan fingerprint density at radius 3 is 2.65 bits per heavy atom. The number of nitrogens with zero attached hydrogens (tertiary/aromatic N) is 1. The number of amides is 2. The highest BCUT2D eigenvalue weighted by atomic mass is 16.3. The third kappa shape index (κ3) is 3.38. The molecular formula is C17H22N2O4. The zero-order valence-corrected chi connectivity index (χ0v) is 12.9. The number of para-hydroxylation sites is 1. The number of anilines is 1. The largest absolute Gasteiger partial charge is 0.396 e. The first-order valence-corrected chi connectivity index (χ1v) is 8.03. The van der Waals surface area contributed by atoms with Gasteiger partial charge < -0.3 is 20.4 Å². The summed E-state index contributed by atoms with van der Waals surface area (Å²) in [4.78, 5) is 26.2. The molecular weight excluding hydrogens is 296 g/mol. The van der Waals surface area contributed by atoms with Crippen molar-refractivity contribution in [1.82, 2.24) is 5.32 Å². The summed E-state index contributed by atoms with van der Waals surface area (Å²) in [7, 11) is 0. The van der Waals surface area contributed by atoms with Crippen LogP contribution in [0.1, 0.15) is 19.3 Å². The van der Waals surface area contributed by atoms with Crippen LogP contribution in [-0.4, -0.2) is 47.3 Å². The van der Waals surface area contributed by atoms with E-state index in [0.717, 1.165) is 5.69 Å². The molecule has 2 fully saturated rings. The zero-order valence-electron chi connectivity index (χ0n) is 12.9. The number of carbonyl (C=O) groups excluding carboxylic acids is 2. The molecule has 6 heteroatoms. The van der Waals surface area contributed by atoms with Crippen LogP contribution in [0.5, 0.6) is 0 Å². The summed E-state index contributed by atoms with van der Waals surface area (Å²) in [6, 6.07) is 9.21. The van der Waals surface area contributed by atoms with Crippen LogP contribution >= 0.6 is 0 Å². The maximum Gasteiger partial charge on any atom is 0.227 e. The molecule has 1 aliphatic carbocycles. The van der Waals surface area contributed by atoms with Gasteiger partial charge in [-0.3, -0.25) is 9.59 Å². The molecule has 3 N–H and O–H groups in total. The topological polar surface area (TPSA) is 89.9 Å². The Morgan fingerprint density at radius 1 is 1.26 bits per heavy atom. The molecule has 23 heavy (non-hydrogen) atoms. The summed E-state index contributed by atoms with van der Waals surface area (Å²) in [5.74, 6) is -0.733. The van der Waals surface area contributed by atoms with Crippen LogP contribution in [0.4, 0.5) is 5.69 Å². The van der Waals surface area contributed by atoms with Crippen LogP contribution in [0.2, 0.25) is 0 Å². The van der Waals surface area contributed by atoms with Crippen molar-refractivity contribution >= 4 is 17.5 Å². The third-order valence-corrected chi connectivity index (χ3v) is 4.80. The third-order valence-electron chi connectivity index (χ3n) is 4.80. The van der Waals surface area contributed by atoms with Crippen molar-refractivity contribution in [2.24, 2.45) is 11.8 Å². The summed E-state index contributed by atoms with van der Waals surface area (Å²) in [6.07, 6.45) is 0.669. The van der Waals surface area contributed by atoms with E-state index in [-0.39, 0.29) is 42.7 Å². The minimum Gasteiger partial charge on any atom is -0.396 e. The number of benzene rings is 1. The second-order valence-corrected chi connectivity index (χ2v) is 6.43. The molecule has 1 saturated heterocycles. The van der Waals surface area contributed by atoms with E-state index >= 15 is 0 Å². The Kier molecular flexibility index (Phi) is 4.63. The molecule has 2 aliphatic rings. The molecule has 1 aliphatic heterocycles. The van der Waals surface area contributed by atoms with Crippen molar-refractivity contribution in [3.8, 4) is 0 Å². The fourth-order valence-electron chi connectivity index (χ4n) is 3.48. The smallest absolute Gasteiger partial charge is 0.227 e. The van der Waals surface area contributed by atoms with E-state index in [0.29, 0.717) is 19.4 Å². The number of hydrogen-bond acceptors (Lipinski definition) is 4. The minimum atomic E-state index is -0.573. The predicted molar refractivity (Wildman–Crippen MR) is 84.6 cm³/mol. The van der Waals surface area contributed by atoms with Gasteiger partial charge in [-0.25, -0.2) is 0 Å². The summed E-state index contributed by atoms with van der Waals surface area (Å²) in [6.45, 7) is 0.310. The standard InChI is InChI=1S/C17H22N2O4/c20-10-12-6-13(8-15(12)21)18-17(23)11-7-16(22)19(9-11)14-4-2-1-3-5-14/h1-5,11-13,15,20-21H,6-10H2,(H,18,23). The number of carbonyl (C=O) groups is 2. The molecule has 4 atom stereocenters. The SMILES string of the molecule is O=C(NC1CC(O)C(CO)C1)C1CC(=O)N(c2ccccc2)C1. The molecule has 0 aromatic heterocycles. The lowest BCUT2D eigenvalue weighted by Crippen LogP contribution is -2.39. The van der Waals surface area contributed by atoms with Crippen LogP contribution in [0.3, 0.4) is 0 Å². The van der Waals surface area contributed by atoms with Gasteiger partial charge in [0, 0.05) is 37.2 Å². The average molecular weight is 318 g/mol. The van der Waals surface area contributed by atoms with Crippen molar-refractivity contribution in [2.75, 3.05) is 18.1 Å². The molecule has 0 spiro atoms. The summed E-state index contributed by atoms with van der Waals surface area (Å²) in [5, 5.41) is 21.9. The average Bonchev–Trinajstić information content (AvgIpc) is 3.11. The molecule has 0 bridgehead atoms. The lowest BCUT2D eigenvalue weighted by atomic mass is 10.1. The van der Waals surface area contributed by atoms with E-state index in [1.54, 1.807) is 4.90 Å². The lowest BCUT2D eigenvalue weighted by molar-refractivity contribution is -0.126. The zero-order chi connectivity index (χ0) is 16.4. The van der Waals surface area contributed by atoms with Gasteiger partial charge >= 0.3 is 0 Å². The van der Waals surface area contributed by atoms with Gasteiger partial charge in [0.2, 0.25) is 11.8 Å². The first kappa shape index (κ1) is 16.0. The van der Waals surface area contributed by atoms with E-state index in [4.69, 9.17) is 0 Å². The fraction of sp³-hybridized carbons (Fsp3) is 0.529. The first-order chi connectivity index (χ1) is 11.1. The normalized spacial score (nSPS) is 30.7. The number of rotatable bonds is 4. The fourth-order valence-corrected chi connectivity index (χ4v) is 3.48. The predicted octanol–water partition coefficient (Wildman–Crippen LogP) is 0.287. The Balaban J connectivity index is 1.58. The van der Waals surface area contributed by atoms with Gasteiger partial charge in [-0.15, -0.1) is 0 Å². The molecule has 2 amide bonds. The molecule has 3 rings (SSSR count). The number of hydrogen-bond donors (Lipinski definition) is 3. The molecule has 4 unspecified atom stereocenters. The van der Waals surface area contributed by atoms with E-state index in [2.05, 4.69) is 5.32 Å². The highest BCUT2D eigenvalue weighted by Crippen LogP contribution is 2.28. The molecule has 1 saturated carbocycles. The van der Waals surface area contributed by atoms with Crippen molar-refractivity contribution in [3.05, 3.63) is 30.3 Å². The maximum absolute atomic E-state index is 12.4. The molecule has 1 aromatic carbocycles. The Hall–Kier alpha value is -1.92. The van der Waals surface area contributed by atoms with Gasteiger partial charge in [-0.05, 0) is 25.0 Å². The van der Waals surface area contributed by atoms with Crippen LogP contribution in [0, 0.1) is 11.8 Å². The van der Waals surface area contributed by atoms with E-state index < -0.39 is 6.10 Å². The van der Waals surface area contributed by atoms with Crippen LogP contribution in [0.15, 0.2) is 30.3 Å². The second-order valence-electron chi connectivity index (χ2n) is 6.43. The van der Waals surface area contributed by atoms with Gasteiger partial charge in [0.1, 0.15) is 0 Å². The van der Waals surface area contributed by atoms with E-state index in [1.807, 2.05) is 30.3 Å². The monoisotopic (exact) mass is 318 g/mol. The number of aliphatic hydroxyl groups excluding tert-OH is 2. The number of nitrogens with one attached hydrogen (secondary N) is 1. The molecule has 0 radical (unpaired) electrons. The molecule has 1 aromatic rings. The van der Waals surface area contributed by atoms with Crippen molar-refractivity contribution in [3.63, 3.8) is 0 Å². The Bertz CT molecular complexity index is 577. The number of aliphatic hydroxyl groups is 2. The Morgan fingerprint density at radius 2 is 2.00 bits per heavy atom. The summed E-state index contributed by atoms with van der Waals surface area (Å²) >= 11 is 0. The van der Waals surface area contributed by atoms with Crippen molar-refractivity contribution < 1.29 is 19.8 Å². The van der Waals surface area contributed by atoms with Crippen LogP contribution in [0.25, 0.3) is 0 Å². The molecule has 6 nitrogen and oxygen atoms in total. The van der Waals surface area contributed by atoms with Crippen molar-refractivity contribution in [1.29, 1.82) is 0 Å². The first-order valence-electron chi connectivity index (χ1n) is 8.03. The van der Waals surface area contributed by atoms with Crippen molar-refractivity contribution in [2.45, 2.75) is 31.4 Å². The highest BCUT2D eigenvalue weighted by Gasteiger charge is 2.38. The maximum atomic E-state index is 12.4. The molecule has 1 heterocycles. The minimum absolute atomic E-state index is 0.0453. The quantitative estimate of drug-likeness (QED) is 0.744. The van der Waals surface area contributed by atoms with Gasteiger partial charge in [-0.2, -0.15) is 0 Å². The molecule has 124 valence electrons. The van der Waals surface area contributed by atoms with Gasteiger partial charge in [0.15, 0.2) is 0 Å². The summed E-state index contributed by atoms with van der Waals surface area (Å²) < 4.78 is 0. The second kappa shape index (κ2) is 6.68. The lowest BCUT2D eigenvalue weighted by Gasteiger charge is -2.18. The van der Waals surface area contributed by atoms with Gasteiger partial charge in [0.25, 0.3) is 0 Å². The highest BCUT2D eigenvalue weighted by molar-refractivity contribution is 6.00. The van der Waals surface area contributed by atoms with E-state index in [9.17, 15) is 19.8 Å².